The van der Waals surface area contributed by atoms with Crippen molar-refractivity contribution in [3.8, 4) is 11.3 Å². The van der Waals surface area contributed by atoms with E-state index >= 15 is 0 Å². The quantitative estimate of drug-likeness (QED) is 0.261. The first kappa shape index (κ1) is 27.3. The zero-order valence-electron chi connectivity index (χ0n) is 23.8. The Labute approximate surface area is 239 Å². The molecule has 2 aromatic carbocycles. The Balaban J connectivity index is 0.000000191. The molecular formula is C33H34N8. The zero-order chi connectivity index (χ0) is 28.9. The monoisotopic (exact) mass is 542 g/mol. The lowest BCUT2D eigenvalue weighted by Gasteiger charge is -2.11. The molecule has 4 heterocycles. The summed E-state index contributed by atoms with van der Waals surface area (Å²) in [4.78, 5) is 9.27. The summed E-state index contributed by atoms with van der Waals surface area (Å²) in [6.07, 6.45) is 12.5. The maximum Gasteiger partial charge on any atom is 0.166 e. The number of aryl methyl sites for hydroxylation is 2. The lowest BCUT2D eigenvalue weighted by molar-refractivity contribution is 0.767. The predicted molar refractivity (Wildman–Crippen MR) is 169 cm³/mol. The Kier molecular flexibility index (Phi) is 7.92. The summed E-state index contributed by atoms with van der Waals surface area (Å²) >= 11 is 0. The number of rotatable bonds is 5. The number of benzene rings is 2. The summed E-state index contributed by atoms with van der Waals surface area (Å²) in [6, 6.07) is 20.8. The molecule has 0 amide bonds. The Hall–Kier alpha value is -5.24. The van der Waals surface area contributed by atoms with E-state index in [0.717, 1.165) is 45.5 Å². The number of allylic oxidation sites excluding steroid dienone is 1. The van der Waals surface area contributed by atoms with Gasteiger partial charge in [0.1, 0.15) is 0 Å². The highest BCUT2D eigenvalue weighted by molar-refractivity contribution is 5.92. The number of nitrogens with two attached hydrogens (primary N) is 2. The fourth-order valence-corrected chi connectivity index (χ4v) is 4.64. The summed E-state index contributed by atoms with van der Waals surface area (Å²) in [6.45, 7) is 6.05. The van der Waals surface area contributed by atoms with Gasteiger partial charge in [0.15, 0.2) is 11.5 Å². The highest BCUT2D eigenvalue weighted by Gasteiger charge is 2.14. The molecule has 8 heteroatoms. The second-order valence-corrected chi connectivity index (χ2v) is 9.98. The number of para-hydroxylation sites is 1. The zero-order valence-corrected chi connectivity index (χ0v) is 23.8. The molecule has 0 saturated carbocycles. The van der Waals surface area contributed by atoms with E-state index in [4.69, 9.17) is 16.5 Å². The molecule has 0 aliphatic carbocycles. The molecule has 0 bridgehead atoms. The molecule has 0 saturated heterocycles. The first-order chi connectivity index (χ1) is 19.9. The van der Waals surface area contributed by atoms with Crippen LogP contribution >= 0.6 is 0 Å². The van der Waals surface area contributed by atoms with Gasteiger partial charge in [-0.2, -0.15) is 5.10 Å². The van der Waals surface area contributed by atoms with Crippen LogP contribution in [-0.2, 0) is 13.5 Å². The minimum Gasteiger partial charge on any atom is -0.398 e. The van der Waals surface area contributed by atoms with Crippen molar-refractivity contribution >= 4 is 40.2 Å². The van der Waals surface area contributed by atoms with Gasteiger partial charge in [0.05, 0.1) is 23.0 Å². The third-order valence-electron chi connectivity index (χ3n) is 6.79. The van der Waals surface area contributed by atoms with Crippen molar-refractivity contribution in [2.45, 2.75) is 27.2 Å². The van der Waals surface area contributed by atoms with Crippen LogP contribution in [0, 0.1) is 0 Å². The molecule has 0 unspecified atom stereocenters. The molecule has 4 N–H and O–H groups in total. The van der Waals surface area contributed by atoms with Gasteiger partial charge in [0, 0.05) is 53.4 Å². The molecule has 0 spiro atoms. The van der Waals surface area contributed by atoms with Crippen LogP contribution in [0.4, 0.5) is 5.82 Å². The molecular weight excluding hydrogens is 508 g/mol. The smallest absolute Gasteiger partial charge is 0.166 e. The van der Waals surface area contributed by atoms with Gasteiger partial charge in [-0.25, -0.2) is 14.5 Å². The summed E-state index contributed by atoms with van der Waals surface area (Å²) in [5.74, 6) is 0.410. The van der Waals surface area contributed by atoms with Crippen LogP contribution in [0.5, 0.6) is 0 Å². The van der Waals surface area contributed by atoms with E-state index in [0.29, 0.717) is 17.2 Å². The van der Waals surface area contributed by atoms with Crippen molar-refractivity contribution in [2.24, 2.45) is 12.8 Å². The number of fused-ring (bicyclic) bond motifs is 2. The topological polar surface area (TPSA) is 113 Å². The van der Waals surface area contributed by atoms with Crippen molar-refractivity contribution in [3.05, 3.63) is 113 Å². The lowest BCUT2D eigenvalue weighted by Crippen LogP contribution is -2.01. The molecule has 8 nitrogen and oxygen atoms in total. The lowest BCUT2D eigenvalue weighted by atomic mass is 10.00. The maximum atomic E-state index is 5.96. The third-order valence-corrected chi connectivity index (χ3v) is 6.79. The molecule has 6 rings (SSSR count). The highest BCUT2D eigenvalue weighted by Crippen LogP contribution is 2.28. The molecule has 4 aromatic heterocycles. The van der Waals surface area contributed by atoms with Gasteiger partial charge in [-0.15, -0.1) is 5.10 Å². The van der Waals surface area contributed by atoms with Crippen LogP contribution in [0.15, 0.2) is 91.0 Å². The van der Waals surface area contributed by atoms with Crippen LogP contribution in [0.1, 0.15) is 43.0 Å². The normalized spacial score (nSPS) is 11.1. The van der Waals surface area contributed by atoms with E-state index in [9.17, 15) is 0 Å². The molecule has 0 radical (unpaired) electrons. The summed E-state index contributed by atoms with van der Waals surface area (Å²) in [7, 11) is 1.93. The molecule has 6 aromatic rings. The largest absolute Gasteiger partial charge is 0.398 e. The van der Waals surface area contributed by atoms with Gasteiger partial charge in [-0.1, -0.05) is 73.2 Å². The molecule has 0 aliphatic rings. The first-order valence-electron chi connectivity index (χ1n) is 13.5. The number of nitrogen functional groups attached to an aromatic ring is 1. The van der Waals surface area contributed by atoms with Crippen molar-refractivity contribution in [2.75, 3.05) is 5.73 Å². The van der Waals surface area contributed by atoms with Gasteiger partial charge < -0.3 is 11.5 Å². The number of hydrogen-bond acceptors (Lipinski definition) is 6. The second-order valence-electron chi connectivity index (χ2n) is 9.98. The van der Waals surface area contributed by atoms with Gasteiger partial charge in [-0.3, -0.25) is 4.68 Å². The van der Waals surface area contributed by atoms with Crippen molar-refractivity contribution in [1.29, 1.82) is 0 Å². The maximum absolute atomic E-state index is 5.96. The van der Waals surface area contributed by atoms with Crippen molar-refractivity contribution < 1.29 is 0 Å². The standard InChI is InChI=1S/C23H21N3.C10H13N5/c1-3-18-14-21-11-7-10-20(13-12-17-15-24-26(2)16-17)23(21)25-22(18)19-8-5-4-6-9-19;1-6(2)8(11)7-9(12)14-15-5-3-4-13-10(7)15/h4-16H,3H2,1-2H3;3-5H,11H2,1-2H3,(H2,12,14)/b13-12-;. The minimum absolute atomic E-state index is 0.410. The number of pyridine rings is 1. The third kappa shape index (κ3) is 5.86. The van der Waals surface area contributed by atoms with E-state index < -0.39 is 0 Å². The van der Waals surface area contributed by atoms with Crippen LogP contribution in [0.25, 0.3) is 45.7 Å². The number of hydrogen-bond donors (Lipinski definition) is 2. The van der Waals surface area contributed by atoms with Crippen LogP contribution in [0.3, 0.4) is 0 Å². The van der Waals surface area contributed by atoms with E-state index in [2.05, 4.69) is 82.8 Å². The van der Waals surface area contributed by atoms with Gasteiger partial charge in [0.25, 0.3) is 0 Å². The van der Waals surface area contributed by atoms with E-state index in [1.165, 1.54) is 10.9 Å². The van der Waals surface area contributed by atoms with Gasteiger partial charge >= 0.3 is 0 Å². The molecule has 41 heavy (non-hydrogen) atoms. The van der Waals surface area contributed by atoms with Crippen LogP contribution < -0.4 is 11.5 Å². The predicted octanol–water partition coefficient (Wildman–Crippen LogP) is 6.39. The van der Waals surface area contributed by atoms with E-state index in [1.807, 2.05) is 44.0 Å². The SMILES string of the molecule is CC(C)=C(N)c1c(N)nn2cccnc12.CCc1cc2cccc(/C=C\c3cnn(C)c3)c2nc1-c1ccccc1. The highest BCUT2D eigenvalue weighted by atomic mass is 15.3. The molecule has 0 aliphatic heterocycles. The molecule has 0 fully saturated rings. The van der Waals surface area contributed by atoms with Crippen molar-refractivity contribution in [1.82, 2.24) is 29.4 Å². The fraction of sp³-hybridized carbons (Fsp3) is 0.152. The van der Waals surface area contributed by atoms with E-state index in [-0.39, 0.29) is 0 Å². The van der Waals surface area contributed by atoms with Gasteiger partial charge in [0.2, 0.25) is 0 Å². The Morgan fingerprint density at radius 1 is 1.00 bits per heavy atom. The summed E-state index contributed by atoms with van der Waals surface area (Å²) in [5, 5.41) is 9.53. The molecule has 206 valence electrons. The average molecular weight is 543 g/mol. The van der Waals surface area contributed by atoms with Gasteiger partial charge in [-0.05, 0) is 38.0 Å². The number of aromatic nitrogens is 6. The Bertz CT molecular complexity index is 1870. The second kappa shape index (κ2) is 11.9. The number of anilines is 1. The average Bonchev–Trinajstić information content (AvgIpc) is 3.56. The first-order valence-corrected chi connectivity index (χ1v) is 13.5. The van der Waals surface area contributed by atoms with Crippen molar-refractivity contribution in [3.63, 3.8) is 0 Å². The van der Waals surface area contributed by atoms with Crippen LogP contribution in [0.2, 0.25) is 0 Å². The van der Waals surface area contributed by atoms with E-state index in [1.54, 1.807) is 23.0 Å². The fourth-order valence-electron chi connectivity index (χ4n) is 4.64. The summed E-state index contributed by atoms with van der Waals surface area (Å²) in [5.41, 5.74) is 21.6. The summed E-state index contributed by atoms with van der Waals surface area (Å²) < 4.78 is 3.43. The Morgan fingerprint density at radius 3 is 2.51 bits per heavy atom. The molecule has 0 atom stereocenters. The minimum atomic E-state index is 0.410. The number of nitrogens with zero attached hydrogens (tertiary/aromatic N) is 6. The van der Waals surface area contributed by atoms with Crippen LogP contribution in [-0.4, -0.2) is 29.4 Å². The Morgan fingerprint density at radius 2 is 1.80 bits per heavy atom.